The molecule has 1 aliphatic heterocycles. The van der Waals surface area contributed by atoms with E-state index in [4.69, 9.17) is 16.6 Å². The van der Waals surface area contributed by atoms with Gasteiger partial charge in [-0.1, -0.05) is 36.7 Å². The predicted octanol–water partition coefficient (Wildman–Crippen LogP) is 4.33. The van der Waals surface area contributed by atoms with Gasteiger partial charge in [-0.3, -0.25) is 14.5 Å². The number of nitriles is 1. The molecule has 1 aliphatic rings. The molecule has 3 atom stereocenters. The summed E-state index contributed by atoms with van der Waals surface area (Å²) in [5.41, 5.74) is 3.27. The van der Waals surface area contributed by atoms with E-state index in [1.54, 1.807) is 19.2 Å². The van der Waals surface area contributed by atoms with Crippen LogP contribution < -0.4 is 10.6 Å². The standard InChI is InChI=1S/C28H28ClN7O/c1-4-22-17-35(27-25-24(34(3)28(37)33-27)13-12-21(15-30)32-25)18(2)16-36(22)26(23-7-5-6-14-31-23)19-8-10-20(29)11-9-19/h5-14,18,22,26H,4,16-17H2,1-3H3. The van der Waals surface area contributed by atoms with Gasteiger partial charge in [0.2, 0.25) is 0 Å². The summed E-state index contributed by atoms with van der Waals surface area (Å²) in [6, 6.07) is 19.6. The highest BCUT2D eigenvalue weighted by Crippen LogP contribution is 2.35. The van der Waals surface area contributed by atoms with Gasteiger partial charge in [-0.25, -0.2) is 9.78 Å². The maximum Gasteiger partial charge on any atom is 0.349 e. The molecular weight excluding hydrogens is 486 g/mol. The van der Waals surface area contributed by atoms with Crippen molar-refractivity contribution in [2.75, 3.05) is 18.0 Å². The Morgan fingerprint density at radius 2 is 1.89 bits per heavy atom. The first-order valence-electron chi connectivity index (χ1n) is 12.4. The summed E-state index contributed by atoms with van der Waals surface area (Å²) in [5, 5.41) is 10.1. The minimum Gasteiger partial charge on any atom is -0.349 e. The maximum atomic E-state index is 12.8. The first-order chi connectivity index (χ1) is 17.9. The number of aryl methyl sites for hydroxylation is 1. The van der Waals surface area contributed by atoms with Crippen molar-refractivity contribution in [3.8, 4) is 6.07 Å². The normalized spacial score (nSPS) is 19.1. The molecule has 0 radical (unpaired) electrons. The first kappa shape index (κ1) is 24.9. The van der Waals surface area contributed by atoms with Crippen molar-refractivity contribution in [2.24, 2.45) is 7.05 Å². The Morgan fingerprint density at radius 3 is 2.57 bits per heavy atom. The second-order valence-corrected chi connectivity index (χ2v) is 9.86. The lowest BCUT2D eigenvalue weighted by molar-refractivity contribution is 0.113. The van der Waals surface area contributed by atoms with Gasteiger partial charge in [-0.15, -0.1) is 0 Å². The van der Waals surface area contributed by atoms with Crippen LogP contribution in [0.1, 0.15) is 43.3 Å². The number of hydrogen-bond acceptors (Lipinski definition) is 7. The van der Waals surface area contributed by atoms with Gasteiger partial charge >= 0.3 is 5.69 Å². The molecule has 1 aromatic carbocycles. The van der Waals surface area contributed by atoms with Gasteiger partial charge in [0.05, 0.1) is 17.3 Å². The number of piperazine rings is 1. The number of nitrogens with zero attached hydrogens (tertiary/aromatic N) is 7. The average molecular weight is 514 g/mol. The SMILES string of the molecule is CCC1CN(c2nc(=O)n(C)c3ccc(C#N)nc23)C(C)CN1C(c1ccc(Cl)cc1)c1ccccn1. The van der Waals surface area contributed by atoms with Crippen molar-refractivity contribution in [1.82, 2.24) is 24.4 Å². The fourth-order valence-electron chi connectivity index (χ4n) is 5.23. The van der Waals surface area contributed by atoms with E-state index in [-0.39, 0.29) is 23.8 Å². The molecule has 3 unspecified atom stereocenters. The average Bonchev–Trinajstić information content (AvgIpc) is 2.92. The molecule has 1 saturated heterocycles. The third kappa shape index (κ3) is 4.68. The zero-order chi connectivity index (χ0) is 26.1. The highest BCUT2D eigenvalue weighted by molar-refractivity contribution is 6.30. The molecule has 8 nitrogen and oxygen atoms in total. The summed E-state index contributed by atoms with van der Waals surface area (Å²) >= 11 is 6.21. The van der Waals surface area contributed by atoms with Gasteiger partial charge in [0.15, 0.2) is 5.82 Å². The molecule has 0 N–H and O–H groups in total. The molecule has 37 heavy (non-hydrogen) atoms. The van der Waals surface area contributed by atoms with E-state index in [2.05, 4.69) is 57.9 Å². The lowest BCUT2D eigenvalue weighted by Crippen LogP contribution is -2.58. The molecule has 4 heterocycles. The summed E-state index contributed by atoms with van der Waals surface area (Å²) in [4.78, 5) is 31.1. The number of rotatable bonds is 5. The van der Waals surface area contributed by atoms with Crippen LogP contribution in [0.4, 0.5) is 5.82 Å². The van der Waals surface area contributed by atoms with Gasteiger partial charge in [0.1, 0.15) is 17.3 Å². The van der Waals surface area contributed by atoms with Gasteiger partial charge in [0.25, 0.3) is 0 Å². The number of pyridine rings is 2. The van der Waals surface area contributed by atoms with E-state index in [0.29, 0.717) is 34.1 Å². The van der Waals surface area contributed by atoms with Crippen molar-refractivity contribution < 1.29 is 0 Å². The summed E-state index contributed by atoms with van der Waals surface area (Å²) < 4.78 is 1.48. The summed E-state index contributed by atoms with van der Waals surface area (Å²) in [5.74, 6) is 0.529. The Morgan fingerprint density at radius 1 is 1.11 bits per heavy atom. The molecule has 4 aromatic rings. The highest BCUT2D eigenvalue weighted by Gasteiger charge is 2.38. The molecule has 188 valence electrons. The smallest absolute Gasteiger partial charge is 0.349 e. The molecule has 3 aromatic heterocycles. The van der Waals surface area contributed by atoms with E-state index in [9.17, 15) is 10.1 Å². The lowest BCUT2D eigenvalue weighted by atomic mass is 9.95. The van der Waals surface area contributed by atoms with E-state index < -0.39 is 0 Å². The van der Waals surface area contributed by atoms with Gasteiger partial charge in [-0.05, 0) is 55.3 Å². The van der Waals surface area contributed by atoms with Crippen molar-refractivity contribution in [3.63, 3.8) is 0 Å². The van der Waals surface area contributed by atoms with Crippen molar-refractivity contribution in [2.45, 2.75) is 38.4 Å². The van der Waals surface area contributed by atoms with Gasteiger partial charge < -0.3 is 4.90 Å². The highest BCUT2D eigenvalue weighted by atomic mass is 35.5. The van der Waals surface area contributed by atoms with Crippen LogP contribution in [0, 0.1) is 11.3 Å². The third-order valence-corrected chi connectivity index (χ3v) is 7.41. The zero-order valence-corrected chi connectivity index (χ0v) is 21.8. The topological polar surface area (TPSA) is 90.9 Å². The summed E-state index contributed by atoms with van der Waals surface area (Å²) in [7, 11) is 1.68. The van der Waals surface area contributed by atoms with Crippen LogP contribution in [0.25, 0.3) is 11.0 Å². The third-order valence-electron chi connectivity index (χ3n) is 7.16. The Labute approximate surface area is 220 Å². The van der Waals surface area contributed by atoms with Crippen LogP contribution in [-0.4, -0.2) is 49.6 Å². The van der Waals surface area contributed by atoms with Crippen molar-refractivity contribution >= 4 is 28.5 Å². The molecule has 0 amide bonds. The van der Waals surface area contributed by atoms with Crippen LogP contribution in [-0.2, 0) is 7.05 Å². The molecular formula is C28H28ClN7O. The Balaban J connectivity index is 1.58. The van der Waals surface area contributed by atoms with E-state index in [1.807, 2.05) is 30.5 Å². The predicted molar refractivity (Wildman–Crippen MR) is 145 cm³/mol. The summed E-state index contributed by atoms with van der Waals surface area (Å²) in [6.45, 7) is 5.68. The van der Waals surface area contributed by atoms with Crippen LogP contribution >= 0.6 is 11.6 Å². The van der Waals surface area contributed by atoms with E-state index in [1.165, 1.54) is 4.57 Å². The Bertz CT molecular complexity index is 1510. The minimum atomic E-state index is -0.343. The molecule has 9 heteroatoms. The van der Waals surface area contributed by atoms with E-state index in [0.717, 1.165) is 24.2 Å². The number of hydrogen-bond donors (Lipinski definition) is 0. The number of anilines is 1. The van der Waals surface area contributed by atoms with Crippen LogP contribution in [0.2, 0.25) is 5.02 Å². The maximum absolute atomic E-state index is 12.8. The number of aromatic nitrogens is 4. The van der Waals surface area contributed by atoms with Crippen molar-refractivity contribution in [3.05, 3.63) is 93.3 Å². The Kier molecular flexibility index (Phi) is 6.92. The fourth-order valence-corrected chi connectivity index (χ4v) is 5.35. The van der Waals surface area contributed by atoms with E-state index >= 15 is 0 Å². The molecule has 1 fully saturated rings. The molecule has 0 saturated carbocycles. The van der Waals surface area contributed by atoms with Crippen LogP contribution in [0.5, 0.6) is 0 Å². The summed E-state index contributed by atoms with van der Waals surface area (Å²) in [6.07, 6.45) is 2.72. The lowest BCUT2D eigenvalue weighted by Gasteiger charge is -2.48. The largest absolute Gasteiger partial charge is 0.349 e. The van der Waals surface area contributed by atoms with Crippen molar-refractivity contribution in [1.29, 1.82) is 5.26 Å². The molecule has 0 aliphatic carbocycles. The number of halogens is 1. The molecule has 0 bridgehead atoms. The van der Waals surface area contributed by atoms with Crippen LogP contribution in [0.15, 0.2) is 65.6 Å². The Hall–Kier alpha value is -3.80. The minimum absolute atomic E-state index is 0.0247. The van der Waals surface area contributed by atoms with Crippen LogP contribution in [0.3, 0.4) is 0 Å². The quantitative estimate of drug-likeness (QED) is 0.392. The molecule has 5 rings (SSSR count). The second-order valence-electron chi connectivity index (χ2n) is 9.42. The molecule has 0 spiro atoms. The second kappa shape index (κ2) is 10.3. The number of benzene rings is 1. The van der Waals surface area contributed by atoms with Gasteiger partial charge in [0, 0.05) is 43.4 Å². The monoisotopic (exact) mass is 513 g/mol. The fraction of sp³-hybridized carbons (Fsp3) is 0.321. The first-order valence-corrected chi connectivity index (χ1v) is 12.8. The van der Waals surface area contributed by atoms with Gasteiger partial charge in [-0.2, -0.15) is 10.2 Å². The zero-order valence-electron chi connectivity index (χ0n) is 21.0. The number of fused-ring (bicyclic) bond motifs is 1.